The number of fused-ring (bicyclic) bond motifs is 1. The Labute approximate surface area is 157 Å². The first-order chi connectivity index (χ1) is 12.8. The Morgan fingerprint density at radius 2 is 1.69 bits per heavy atom. The predicted molar refractivity (Wildman–Crippen MR) is 111 cm³/mol. The van der Waals surface area contributed by atoms with Crippen LogP contribution >= 0.6 is 0 Å². The first-order valence-corrected chi connectivity index (χ1v) is 9.68. The van der Waals surface area contributed by atoms with Crippen molar-refractivity contribution in [1.82, 2.24) is 5.32 Å². The highest BCUT2D eigenvalue weighted by Crippen LogP contribution is 2.29. The Morgan fingerprint density at radius 3 is 2.54 bits per heavy atom. The minimum absolute atomic E-state index is 0.605. The third-order valence-electron chi connectivity index (χ3n) is 4.90. The van der Waals surface area contributed by atoms with Gasteiger partial charge in [-0.1, -0.05) is 74.4 Å². The van der Waals surface area contributed by atoms with Crippen molar-refractivity contribution in [3.63, 3.8) is 0 Å². The maximum absolute atomic E-state index is 6.25. The Bertz CT molecular complexity index is 840. The molecule has 26 heavy (non-hydrogen) atoms. The lowest BCUT2D eigenvalue weighted by atomic mass is 10.0. The second-order valence-electron chi connectivity index (χ2n) is 6.86. The van der Waals surface area contributed by atoms with E-state index in [0.29, 0.717) is 6.61 Å². The Morgan fingerprint density at radius 1 is 0.885 bits per heavy atom. The Hall–Kier alpha value is -2.32. The van der Waals surface area contributed by atoms with Crippen molar-refractivity contribution in [2.24, 2.45) is 0 Å². The normalized spacial score (nSPS) is 11.0. The molecule has 1 N–H and O–H groups in total. The van der Waals surface area contributed by atoms with E-state index in [-0.39, 0.29) is 0 Å². The summed E-state index contributed by atoms with van der Waals surface area (Å²) in [7, 11) is 0. The van der Waals surface area contributed by atoms with Gasteiger partial charge in [0.1, 0.15) is 12.4 Å². The van der Waals surface area contributed by atoms with Crippen molar-refractivity contribution in [1.29, 1.82) is 0 Å². The molecule has 0 atom stereocenters. The van der Waals surface area contributed by atoms with E-state index in [9.17, 15) is 0 Å². The highest BCUT2D eigenvalue weighted by atomic mass is 16.5. The summed E-state index contributed by atoms with van der Waals surface area (Å²) in [5.41, 5.74) is 3.77. The average Bonchev–Trinajstić information content (AvgIpc) is 2.68. The van der Waals surface area contributed by atoms with Crippen LogP contribution in [0.3, 0.4) is 0 Å². The molecule has 0 bridgehead atoms. The van der Waals surface area contributed by atoms with Gasteiger partial charge in [-0.2, -0.15) is 0 Å². The van der Waals surface area contributed by atoms with E-state index in [1.54, 1.807) is 0 Å². The summed E-state index contributed by atoms with van der Waals surface area (Å²) in [6.07, 6.45) is 3.75. The third-order valence-corrected chi connectivity index (χ3v) is 4.90. The summed E-state index contributed by atoms with van der Waals surface area (Å²) >= 11 is 0. The molecule has 0 unspecified atom stereocenters. The van der Waals surface area contributed by atoms with E-state index in [1.807, 2.05) is 0 Å². The molecule has 0 fully saturated rings. The van der Waals surface area contributed by atoms with Gasteiger partial charge in [-0.15, -0.1) is 0 Å². The second kappa shape index (κ2) is 9.40. The van der Waals surface area contributed by atoms with Gasteiger partial charge in [0.05, 0.1) is 0 Å². The standard InChI is InChI=1S/C24H29NO/c1-3-4-9-16-25-17-23-22-13-8-7-11-20(22)14-15-24(23)26-18-21-12-6-5-10-19(21)2/h5-8,10-15,25H,3-4,9,16-18H2,1-2H3. The molecule has 2 nitrogen and oxygen atoms in total. The molecule has 3 aromatic carbocycles. The summed E-state index contributed by atoms with van der Waals surface area (Å²) in [4.78, 5) is 0. The van der Waals surface area contributed by atoms with E-state index in [0.717, 1.165) is 18.8 Å². The molecular formula is C24H29NO. The molecule has 0 aliphatic carbocycles. The Balaban J connectivity index is 1.79. The number of aryl methyl sites for hydroxylation is 1. The van der Waals surface area contributed by atoms with Gasteiger partial charge in [-0.25, -0.2) is 0 Å². The molecule has 3 aromatic rings. The number of hydrogen-bond acceptors (Lipinski definition) is 2. The first kappa shape index (κ1) is 18.5. The molecule has 0 aliphatic rings. The maximum atomic E-state index is 6.25. The molecule has 0 aliphatic heterocycles. The number of ether oxygens (including phenoxy) is 1. The molecular weight excluding hydrogens is 318 g/mol. The zero-order valence-electron chi connectivity index (χ0n) is 15.9. The molecule has 0 saturated heterocycles. The van der Waals surface area contributed by atoms with E-state index in [4.69, 9.17) is 4.74 Å². The zero-order chi connectivity index (χ0) is 18.2. The first-order valence-electron chi connectivity index (χ1n) is 9.68. The fourth-order valence-corrected chi connectivity index (χ4v) is 3.27. The van der Waals surface area contributed by atoms with Crippen molar-refractivity contribution in [2.75, 3.05) is 6.54 Å². The van der Waals surface area contributed by atoms with Crippen LogP contribution in [0.25, 0.3) is 10.8 Å². The van der Waals surface area contributed by atoms with Gasteiger partial charge >= 0.3 is 0 Å². The molecule has 3 rings (SSSR count). The third kappa shape index (κ3) is 4.64. The van der Waals surface area contributed by atoms with Gasteiger partial charge in [0, 0.05) is 12.1 Å². The van der Waals surface area contributed by atoms with Gasteiger partial charge in [0.2, 0.25) is 0 Å². The highest BCUT2D eigenvalue weighted by molar-refractivity contribution is 5.87. The number of unbranched alkanes of at least 4 members (excludes halogenated alkanes) is 2. The number of nitrogens with one attached hydrogen (secondary N) is 1. The zero-order valence-corrected chi connectivity index (χ0v) is 15.9. The van der Waals surface area contributed by atoms with Crippen molar-refractivity contribution in [3.8, 4) is 5.75 Å². The van der Waals surface area contributed by atoms with Crippen molar-refractivity contribution >= 4 is 10.8 Å². The lowest BCUT2D eigenvalue weighted by Gasteiger charge is -2.16. The Kier molecular flexibility index (Phi) is 6.68. The number of hydrogen-bond donors (Lipinski definition) is 1. The van der Waals surface area contributed by atoms with Gasteiger partial charge < -0.3 is 10.1 Å². The fraction of sp³-hybridized carbons (Fsp3) is 0.333. The molecule has 136 valence electrons. The molecule has 0 heterocycles. The van der Waals surface area contributed by atoms with Crippen LogP contribution in [0.5, 0.6) is 5.75 Å². The average molecular weight is 348 g/mol. The molecule has 0 aromatic heterocycles. The SMILES string of the molecule is CCCCCNCc1c(OCc2ccccc2C)ccc2ccccc12. The molecule has 0 saturated carbocycles. The summed E-state index contributed by atoms with van der Waals surface area (Å²) in [5, 5.41) is 6.14. The van der Waals surface area contributed by atoms with Crippen LogP contribution in [0.1, 0.15) is 42.9 Å². The van der Waals surface area contributed by atoms with Gasteiger partial charge in [-0.3, -0.25) is 0 Å². The summed E-state index contributed by atoms with van der Waals surface area (Å²) < 4.78 is 6.25. The largest absolute Gasteiger partial charge is 0.489 e. The quantitative estimate of drug-likeness (QED) is 0.479. The fourth-order valence-electron chi connectivity index (χ4n) is 3.27. The minimum atomic E-state index is 0.605. The molecule has 0 spiro atoms. The van der Waals surface area contributed by atoms with Crippen molar-refractivity contribution in [2.45, 2.75) is 46.3 Å². The summed E-state index contributed by atoms with van der Waals surface area (Å²) in [6.45, 7) is 6.87. The van der Waals surface area contributed by atoms with E-state index in [1.165, 1.54) is 46.7 Å². The van der Waals surface area contributed by atoms with Crippen LogP contribution in [0.2, 0.25) is 0 Å². The molecule has 2 heteroatoms. The molecule has 0 amide bonds. The lowest BCUT2D eigenvalue weighted by Crippen LogP contribution is -2.16. The smallest absolute Gasteiger partial charge is 0.124 e. The van der Waals surface area contributed by atoms with E-state index < -0.39 is 0 Å². The maximum Gasteiger partial charge on any atom is 0.124 e. The lowest BCUT2D eigenvalue weighted by molar-refractivity contribution is 0.302. The topological polar surface area (TPSA) is 21.3 Å². The van der Waals surface area contributed by atoms with E-state index >= 15 is 0 Å². The van der Waals surface area contributed by atoms with Crippen LogP contribution < -0.4 is 10.1 Å². The highest BCUT2D eigenvalue weighted by Gasteiger charge is 2.09. The van der Waals surface area contributed by atoms with Gasteiger partial charge in [0.25, 0.3) is 0 Å². The summed E-state index contributed by atoms with van der Waals surface area (Å²) in [6, 6.07) is 21.2. The monoisotopic (exact) mass is 347 g/mol. The number of rotatable bonds is 9. The van der Waals surface area contributed by atoms with Crippen molar-refractivity contribution < 1.29 is 4.74 Å². The van der Waals surface area contributed by atoms with Crippen LogP contribution in [-0.4, -0.2) is 6.54 Å². The minimum Gasteiger partial charge on any atom is -0.489 e. The van der Waals surface area contributed by atoms with Crippen LogP contribution in [-0.2, 0) is 13.2 Å². The number of benzene rings is 3. The van der Waals surface area contributed by atoms with Gasteiger partial charge in [-0.05, 0) is 47.9 Å². The summed E-state index contributed by atoms with van der Waals surface area (Å²) in [5.74, 6) is 0.981. The second-order valence-corrected chi connectivity index (χ2v) is 6.86. The van der Waals surface area contributed by atoms with Crippen LogP contribution in [0.4, 0.5) is 0 Å². The van der Waals surface area contributed by atoms with Crippen LogP contribution in [0, 0.1) is 6.92 Å². The van der Waals surface area contributed by atoms with Crippen molar-refractivity contribution in [3.05, 3.63) is 77.4 Å². The predicted octanol–water partition coefficient (Wildman–Crippen LogP) is 6.01. The van der Waals surface area contributed by atoms with Gasteiger partial charge in [0.15, 0.2) is 0 Å². The van der Waals surface area contributed by atoms with E-state index in [2.05, 4.69) is 79.8 Å². The molecule has 0 radical (unpaired) electrons. The van der Waals surface area contributed by atoms with Crippen LogP contribution in [0.15, 0.2) is 60.7 Å².